The summed E-state index contributed by atoms with van der Waals surface area (Å²) in [6.07, 6.45) is 1.10. The first kappa shape index (κ1) is 16.9. The van der Waals surface area contributed by atoms with Crippen LogP contribution in [-0.2, 0) is 4.74 Å². The van der Waals surface area contributed by atoms with Gasteiger partial charge in [0.2, 0.25) is 0 Å². The smallest absolute Gasteiger partial charge is 0.0609 e. The minimum Gasteiger partial charge on any atom is -0.394 e. The van der Waals surface area contributed by atoms with E-state index in [9.17, 15) is 5.11 Å². The quantitative estimate of drug-likeness (QED) is 0.700. The maximum Gasteiger partial charge on any atom is 0.0609 e. The molecule has 0 aromatic carbocycles. The van der Waals surface area contributed by atoms with Crippen LogP contribution in [0.3, 0.4) is 0 Å². The van der Waals surface area contributed by atoms with Crippen LogP contribution in [0, 0.1) is 11.3 Å². The van der Waals surface area contributed by atoms with Gasteiger partial charge in [-0.25, -0.2) is 0 Å². The van der Waals surface area contributed by atoms with Crippen molar-refractivity contribution in [3.63, 3.8) is 0 Å². The van der Waals surface area contributed by atoms with Gasteiger partial charge in [0.25, 0.3) is 0 Å². The van der Waals surface area contributed by atoms with Gasteiger partial charge >= 0.3 is 0 Å². The number of hydrogen-bond acceptors (Lipinski definition) is 4. The molecule has 0 aliphatic carbocycles. The molecule has 0 aromatic heterocycles. The van der Waals surface area contributed by atoms with Gasteiger partial charge in [-0.2, -0.15) is 0 Å². The summed E-state index contributed by atoms with van der Waals surface area (Å²) < 4.78 is 5.64. The molecule has 19 heavy (non-hydrogen) atoms. The fraction of sp³-hybridized carbons (Fsp3) is 1.00. The van der Waals surface area contributed by atoms with Crippen molar-refractivity contribution in [3.8, 4) is 0 Å². The lowest BCUT2D eigenvalue weighted by molar-refractivity contribution is 0.0344. The molecule has 1 fully saturated rings. The molecule has 1 rings (SSSR count). The number of nitrogens with zero attached hydrogens (tertiary/aromatic N) is 1. The second-order valence-electron chi connectivity index (χ2n) is 7.15. The van der Waals surface area contributed by atoms with Crippen molar-refractivity contribution in [1.29, 1.82) is 0 Å². The lowest BCUT2D eigenvalue weighted by Gasteiger charge is -2.40. The molecule has 0 radical (unpaired) electrons. The van der Waals surface area contributed by atoms with Gasteiger partial charge in [0.15, 0.2) is 0 Å². The Morgan fingerprint density at radius 1 is 1.42 bits per heavy atom. The van der Waals surface area contributed by atoms with E-state index in [-0.39, 0.29) is 17.6 Å². The Kier molecular flexibility index (Phi) is 6.24. The first-order valence-electron chi connectivity index (χ1n) is 7.42. The summed E-state index contributed by atoms with van der Waals surface area (Å²) in [6.45, 7) is 13.5. The summed E-state index contributed by atoms with van der Waals surface area (Å²) in [7, 11) is 2.10. The van der Waals surface area contributed by atoms with Crippen molar-refractivity contribution >= 4 is 0 Å². The van der Waals surface area contributed by atoms with E-state index < -0.39 is 0 Å². The van der Waals surface area contributed by atoms with Gasteiger partial charge in [-0.15, -0.1) is 0 Å². The van der Waals surface area contributed by atoms with Crippen molar-refractivity contribution in [1.82, 2.24) is 10.2 Å². The van der Waals surface area contributed by atoms with Crippen molar-refractivity contribution in [2.75, 3.05) is 46.5 Å². The first-order valence-corrected chi connectivity index (χ1v) is 7.42. The molecule has 1 unspecified atom stereocenters. The first-order chi connectivity index (χ1) is 8.81. The van der Waals surface area contributed by atoms with Crippen molar-refractivity contribution in [2.45, 2.75) is 39.7 Å². The van der Waals surface area contributed by atoms with Gasteiger partial charge < -0.3 is 15.2 Å². The van der Waals surface area contributed by atoms with Gasteiger partial charge in [0.05, 0.1) is 13.2 Å². The third kappa shape index (κ3) is 5.03. The van der Waals surface area contributed by atoms with E-state index in [0.717, 1.165) is 39.3 Å². The Hall–Kier alpha value is -0.160. The Bertz CT molecular complexity index is 261. The highest BCUT2D eigenvalue weighted by molar-refractivity contribution is 4.91. The average molecular weight is 272 g/mol. The van der Waals surface area contributed by atoms with Crippen molar-refractivity contribution in [2.24, 2.45) is 11.3 Å². The topological polar surface area (TPSA) is 44.7 Å². The van der Waals surface area contributed by atoms with Gasteiger partial charge in [0.1, 0.15) is 0 Å². The van der Waals surface area contributed by atoms with Crippen molar-refractivity contribution < 1.29 is 9.84 Å². The molecule has 0 aromatic rings. The Labute approximate surface area is 118 Å². The van der Waals surface area contributed by atoms with Crippen LogP contribution in [0.1, 0.15) is 34.1 Å². The Balaban J connectivity index is 2.56. The van der Waals surface area contributed by atoms with Crippen LogP contribution in [0.4, 0.5) is 0 Å². The zero-order valence-electron chi connectivity index (χ0n) is 13.3. The summed E-state index contributed by atoms with van der Waals surface area (Å²) in [4.78, 5) is 2.26. The monoisotopic (exact) mass is 272 g/mol. The van der Waals surface area contributed by atoms with E-state index in [4.69, 9.17) is 4.74 Å². The van der Waals surface area contributed by atoms with Crippen LogP contribution < -0.4 is 5.32 Å². The highest BCUT2D eigenvalue weighted by atomic mass is 16.5. The number of aliphatic hydroxyl groups is 1. The molecule has 0 amide bonds. The summed E-state index contributed by atoms with van der Waals surface area (Å²) in [5, 5.41) is 13.1. The molecule has 114 valence electrons. The molecule has 0 bridgehead atoms. The van der Waals surface area contributed by atoms with Gasteiger partial charge in [-0.1, -0.05) is 13.8 Å². The fourth-order valence-electron chi connectivity index (χ4n) is 2.43. The van der Waals surface area contributed by atoms with Crippen LogP contribution >= 0.6 is 0 Å². The number of rotatable bonds is 8. The van der Waals surface area contributed by atoms with E-state index in [2.05, 4.69) is 45.0 Å². The zero-order valence-corrected chi connectivity index (χ0v) is 13.3. The molecule has 4 nitrogen and oxygen atoms in total. The molecule has 1 aliphatic heterocycles. The number of ether oxygens (including phenoxy) is 1. The highest BCUT2D eigenvalue weighted by Gasteiger charge is 2.38. The molecular weight excluding hydrogens is 240 g/mol. The Morgan fingerprint density at radius 2 is 2.11 bits per heavy atom. The van der Waals surface area contributed by atoms with Gasteiger partial charge in [-0.3, -0.25) is 4.90 Å². The van der Waals surface area contributed by atoms with E-state index in [1.165, 1.54) is 0 Å². The van der Waals surface area contributed by atoms with Crippen LogP contribution in [-0.4, -0.2) is 62.0 Å². The second-order valence-corrected chi connectivity index (χ2v) is 7.15. The van der Waals surface area contributed by atoms with E-state index in [1.54, 1.807) is 0 Å². The van der Waals surface area contributed by atoms with Gasteiger partial charge in [-0.05, 0) is 39.8 Å². The lowest BCUT2D eigenvalue weighted by Crippen LogP contribution is -2.52. The predicted molar refractivity (Wildman–Crippen MR) is 79.4 cm³/mol. The molecule has 0 spiro atoms. The molecule has 1 atom stereocenters. The molecule has 4 heteroatoms. The highest BCUT2D eigenvalue weighted by Crippen LogP contribution is 2.30. The largest absolute Gasteiger partial charge is 0.394 e. The fourth-order valence-corrected chi connectivity index (χ4v) is 2.43. The van der Waals surface area contributed by atoms with E-state index >= 15 is 0 Å². The minimum atomic E-state index is -0.173. The minimum absolute atomic E-state index is 0.173. The second kappa shape index (κ2) is 7.02. The average Bonchev–Trinajstić information content (AvgIpc) is 2.77. The SMILES string of the molecule is CC(C)CNCC1(CN(C)C(C)(C)CO)CCOC1. The van der Waals surface area contributed by atoms with Crippen LogP contribution in [0.5, 0.6) is 0 Å². The van der Waals surface area contributed by atoms with E-state index in [1.807, 2.05) is 0 Å². The summed E-state index contributed by atoms with van der Waals surface area (Å²) in [6, 6.07) is 0. The van der Waals surface area contributed by atoms with Crippen LogP contribution in [0.25, 0.3) is 0 Å². The molecule has 1 heterocycles. The van der Waals surface area contributed by atoms with Crippen LogP contribution in [0.15, 0.2) is 0 Å². The van der Waals surface area contributed by atoms with Crippen LogP contribution in [0.2, 0.25) is 0 Å². The number of nitrogens with one attached hydrogen (secondary N) is 1. The predicted octanol–water partition coefficient (Wildman–Crippen LogP) is 1.34. The number of aliphatic hydroxyl groups excluding tert-OH is 1. The third-order valence-electron chi connectivity index (χ3n) is 4.23. The lowest BCUT2D eigenvalue weighted by atomic mass is 9.85. The molecule has 1 saturated heterocycles. The number of hydrogen-bond donors (Lipinski definition) is 2. The normalized spacial score (nSPS) is 24.6. The molecular formula is C15H32N2O2. The summed E-state index contributed by atoms with van der Waals surface area (Å²) in [5.74, 6) is 0.672. The van der Waals surface area contributed by atoms with Gasteiger partial charge in [0, 0.05) is 30.7 Å². The van der Waals surface area contributed by atoms with E-state index in [0.29, 0.717) is 5.92 Å². The summed E-state index contributed by atoms with van der Waals surface area (Å²) >= 11 is 0. The standard InChI is InChI=1S/C15H32N2O2/c1-13(2)8-16-9-15(6-7-19-12-15)10-17(5)14(3,4)11-18/h13,16,18H,6-12H2,1-5H3. The zero-order chi connectivity index (χ0) is 14.5. The maximum atomic E-state index is 9.48. The molecule has 0 saturated carbocycles. The summed E-state index contributed by atoms with van der Waals surface area (Å²) in [5.41, 5.74) is 0.0176. The third-order valence-corrected chi connectivity index (χ3v) is 4.23. The molecule has 2 N–H and O–H groups in total. The maximum absolute atomic E-state index is 9.48. The Morgan fingerprint density at radius 3 is 2.58 bits per heavy atom. The molecule has 1 aliphatic rings. The van der Waals surface area contributed by atoms with Crippen molar-refractivity contribution in [3.05, 3.63) is 0 Å². The number of likely N-dealkylation sites (N-methyl/N-ethyl adjacent to an activating group) is 1.